The highest BCUT2D eigenvalue weighted by Crippen LogP contribution is 2.22. The fourth-order valence-electron chi connectivity index (χ4n) is 3.43. The van der Waals surface area contributed by atoms with E-state index < -0.39 is 0 Å². The molecule has 1 aromatic carbocycles. The molecule has 0 aliphatic carbocycles. The number of morpholine rings is 1. The zero-order chi connectivity index (χ0) is 15.4. The third-order valence-electron chi connectivity index (χ3n) is 4.71. The lowest BCUT2D eigenvalue weighted by atomic mass is 10.1. The van der Waals surface area contributed by atoms with Crippen molar-refractivity contribution in [2.45, 2.75) is 44.8 Å². The Morgan fingerprint density at radius 3 is 2.95 bits per heavy atom. The predicted molar refractivity (Wildman–Crippen MR) is 87.1 cm³/mol. The van der Waals surface area contributed by atoms with Gasteiger partial charge >= 0.3 is 0 Å². The summed E-state index contributed by atoms with van der Waals surface area (Å²) < 4.78 is 5.87. The normalized spacial score (nSPS) is 25.0. The van der Waals surface area contributed by atoms with Crippen molar-refractivity contribution in [1.82, 2.24) is 10.2 Å². The van der Waals surface area contributed by atoms with Gasteiger partial charge in [0.2, 0.25) is 0 Å². The molecule has 0 unspecified atom stereocenters. The molecule has 2 aliphatic rings. The van der Waals surface area contributed by atoms with Crippen LogP contribution in [0.4, 0.5) is 0 Å². The Balaban J connectivity index is 1.47. The number of fused-ring (bicyclic) bond motifs is 1. The van der Waals surface area contributed by atoms with E-state index in [0.717, 1.165) is 31.6 Å². The molecule has 0 bridgehead atoms. The van der Waals surface area contributed by atoms with Crippen LogP contribution in [0.3, 0.4) is 0 Å². The molecule has 1 aromatic rings. The number of hydrogen-bond donors (Lipinski definition) is 1. The average molecular weight is 302 g/mol. The van der Waals surface area contributed by atoms with Crippen LogP contribution in [0, 0.1) is 0 Å². The van der Waals surface area contributed by atoms with Gasteiger partial charge in [-0.05, 0) is 43.5 Å². The molecule has 2 heterocycles. The summed E-state index contributed by atoms with van der Waals surface area (Å²) in [7, 11) is 0. The molecule has 2 atom stereocenters. The van der Waals surface area contributed by atoms with Crippen LogP contribution in [0.5, 0.6) is 0 Å². The molecule has 22 heavy (non-hydrogen) atoms. The number of hydrogen-bond acceptors (Lipinski definition) is 3. The molecule has 1 amide bonds. The maximum atomic E-state index is 12.2. The van der Waals surface area contributed by atoms with Crippen molar-refractivity contribution >= 4 is 5.91 Å². The lowest BCUT2D eigenvalue weighted by Gasteiger charge is -2.35. The van der Waals surface area contributed by atoms with Crippen LogP contribution in [-0.2, 0) is 11.2 Å². The first-order chi connectivity index (χ1) is 10.8. The quantitative estimate of drug-likeness (QED) is 0.907. The van der Waals surface area contributed by atoms with Crippen LogP contribution < -0.4 is 5.32 Å². The smallest absolute Gasteiger partial charge is 0.251 e. The first-order valence-corrected chi connectivity index (χ1v) is 8.49. The summed E-state index contributed by atoms with van der Waals surface area (Å²) in [5, 5.41) is 3.01. The maximum Gasteiger partial charge on any atom is 0.251 e. The van der Waals surface area contributed by atoms with Gasteiger partial charge in [0.05, 0.1) is 12.7 Å². The van der Waals surface area contributed by atoms with Crippen LogP contribution >= 0.6 is 0 Å². The fourth-order valence-corrected chi connectivity index (χ4v) is 3.43. The number of nitrogens with zero attached hydrogens (tertiary/aromatic N) is 1. The summed E-state index contributed by atoms with van der Waals surface area (Å²) in [4.78, 5) is 14.7. The van der Waals surface area contributed by atoms with Crippen LogP contribution in [-0.4, -0.2) is 49.2 Å². The fraction of sp³-hybridized carbons (Fsp3) is 0.611. The Morgan fingerprint density at radius 2 is 2.18 bits per heavy atom. The number of benzene rings is 1. The molecule has 1 N–H and O–H groups in total. The van der Waals surface area contributed by atoms with Gasteiger partial charge in [-0.15, -0.1) is 0 Å². The van der Waals surface area contributed by atoms with Crippen LogP contribution in [0.1, 0.15) is 42.1 Å². The van der Waals surface area contributed by atoms with Gasteiger partial charge in [0.1, 0.15) is 0 Å². The number of carbonyl (C=O) groups excluding carboxylic acids is 1. The Hall–Kier alpha value is -1.39. The highest BCUT2D eigenvalue weighted by molar-refractivity contribution is 5.94. The molecular weight excluding hydrogens is 276 g/mol. The zero-order valence-electron chi connectivity index (χ0n) is 13.4. The molecule has 3 rings (SSSR count). The minimum atomic E-state index is -0.00445. The van der Waals surface area contributed by atoms with Crippen LogP contribution in [0.25, 0.3) is 0 Å². The summed E-state index contributed by atoms with van der Waals surface area (Å²) in [6, 6.07) is 8.53. The third kappa shape index (κ3) is 3.68. The van der Waals surface area contributed by atoms with E-state index in [1.807, 2.05) is 24.3 Å². The maximum absolute atomic E-state index is 12.2. The van der Waals surface area contributed by atoms with Crippen molar-refractivity contribution in [2.75, 3.05) is 26.2 Å². The van der Waals surface area contributed by atoms with Crippen LogP contribution in [0.2, 0.25) is 0 Å². The summed E-state index contributed by atoms with van der Waals surface area (Å²) in [6.45, 7) is 5.69. The summed E-state index contributed by atoms with van der Waals surface area (Å²) >= 11 is 0. The van der Waals surface area contributed by atoms with E-state index in [-0.39, 0.29) is 12.0 Å². The molecule has 2 fully saturated rings. The van der Waals surface area contributed by atoms with E-state index in [9.17, 15) is 4.79 Å². The van der Waals surface area contributed by atoms with Gasteiger partial charge < -0.3 is 10.1 Å². The van der Waals surface area contributed by atoms with E-state index >= 15 is 0 Å². The molecule has 2 aliphatic heterocycles. The molecule has 0 saturated carbocycles. The highest BCUT2D eigenvalue weighted by atomic mass is 16.5. The van der Waals surface area contributed by atoms with Crippen molar-refractivity contribution in [2.24, 2.45) is 0 Å². The Bertz CT molecular complexity index is 500. The molecule has 0 radical (unpaired) electrons. The van der Waals surface area contributed by atoms with E-state index in [2.05, 4.69) is 17.1 Å². The highest BCUT2D eigenvalue weighted by Gasteiger charge is 2.32. The summed E-state index contributed by atoms with van der Waals surface area (Å²) in [6.07, 6.45) is 4.84. The molecule has 4 heteroatoms. The molecule has 0 spiro atoms. The second-order valence-electron chi connectivity index (χ2n) is 6.40. The second-order valence-corrected chi connectivity index (χ2v) is 6.40. The minimum Gasteiger partial charge on any atom is -0.373 e. The Morgan fingerprint density at radius 1 is 1.36 bits per heavy atom. The van der Waals surface area contributed by atoms with Crippen molar-refractivity contribution in [3.8, 4) is 0 Å². The van der Waals surface area contributed by atoms with Crippen molar-refractivity contribution in [3.05, 3.63) is 35.4 Å². The van der Waals surface area contributed by atoms with Gasteiger partial charge in [-0.25, -0.2) is 0 Å². The van der Waals surface area contributed by atoms with Gasteiger partial charge in [0.15, 0.2) is 0 Å². The first kappa shape index (κ1) is 15.5. The Kier molecular flexibility index (Phi) is 5.11. The van der Waals surface area contributed by atoms with E-state index in [1.165, 1.54) is 24.9 Å². The van der Waals surface area contributed by atoms with Gasteiger partial charge in [0.25, 0.3) is 5.91 Å². The standard InChI is InChI=1S/C18H26N2O2/c1-2-4-14-6-8-15(9-7-14)18(21)19-11-17-12-20-10-3-5-16(20)13-22-17/h6-9,16-17H,2-5,10-13H2,1H3,(H,19,21)/t16-,17+/m1/s1. The lowest BCUT2D eigenvalue weighted by molar-refractivity contribution is -0.0461. The predicted octanol–water partition coefficient (Wildman–Crippen LogP) is 2.23. The van der Waals surface area contributed by atoms with Gasteiger partial charge in [-0.1, -0.05) is 25.5 Å². The van der Waals surface area contributed by atoms with E-state index in [4.69, 9.17) is 4.74 Å². The number of rotatable bonds is 5. The molecule has 0 aromatic heterocycles. The largest absolute Gasteiger partial charge is 0.373 e. The molecule has 2 saturated heterocycles. The van der Waals surface area contributed by atoms with Gasteiger partial charge in [-0.3, -0.25) is 9.69 Å². The van der Waals surface area contributed by atoms with Crippen molar-refractivity contribution < 1.29 is 9.53 Å². The van der Waals surface area contributed by atoms with E-state index in [1.54, 1.807) is 0 Å². The lowest BCUT2D eigenvalue weighted by Crippen LogP contribution is -2.50. The third-order valence-corrected chi connectivity index (χ3v) is 4.71. The SMILES string of the molecule is CCCc1ccc(C(=O)NC[C@H]2CN3CCC[C@@H]3CO2)cc1. The average Bonchev–Trinajstić information content (AvgIpc) is 3.01. The minimum absolute atomic E-state index is 0.00445. The zero-order valence-corrected chi connectivity index (χ0v) is 13.4. The molecule has 120 valence electrons. The van der Waals surface area contributed by atoms with Crippen molar-refractivity contribution in [1.29, 1.82) is 0 Å². The van der Waals surface area contributed by atoms with Gasteiger partial charge in [-0.2, -0.15) is 0 Å². The number of carbonyl (C=O) groups is 1. The number of aryl methyl sites for hydroxylation is 1. The number of amides is 1. The Labute approximate surface area is 132 Å². The topological polar surface area (TPSA) is 41.6 Å². The van der Waals surface area contributed by atoms with Gasteiger partial charge in [0, 0.05) is 24.7 Å². The summed E-state index contributed by atoms with van der Waals surface area (Å²) in [5.74, 6) is -0.00445. The molecule has 4 nitrogen and oxygen atoms in total. The summed E-state index contributed by atoms with van der Waals surface area (Å²) in [5.41, 5.74) is 2.02. The number of nitrogens with one attached hydrogen (secondary N) is 1. The second kappa shape index (κ2) is 7.25. The monoisotopic (exact) mass is 302 g/mol. The van der Waals surface area contributed by atoms with E-state index in [0.29, 0.717) is 12.6 Å². The number of ether oxygens (including phenoxy) is 1. The molecular formula is C18H26N2O2. The van der Waals surface area contributed by atoms with Crippen LogP contribution in [0.15, 0.2) is 24.3 Å². The first-order valence-electron chi connectivity index (χ1n) is 8.49. The van der Waals surface area contributed by atoms with Crippen molar-refractivity contribution in [3.63, 3.8) is 0 Å².